The van der Waals surface area contributed by atoms with E-state index >= 15 is 0 Å². The molecule has 0 atom stereocenters. The molecular formula is C12H17Cl2N3. The van der Waals surface area contributed by atoms with Gasteiger partial charge in [0.2, 0.25) is 0 Å². The van der Waals surface area contributed by atoms with Crippen LogP contribution in [-0.2, 0) is 13.6 Å². The number of nitrogens with two attached hydrogens (primary N) is 1. The number of imidazole rings is 1. The highest BCUT2D eigenvalue weighted by atomic mass is 35.5. The maximum absolute atomic E-state index is 5.87. The van der Waals surface area contributed by atoms with Crippen molar-refractivity contribution in [3.05, 3.63) is 29.6 Å². The lowest BCUT2D eigenvalue weighted by Gasteiger charge is -2.09. The topological polar surface area (TPSA) is 43.8 Å². The molecule has 94 valence electrons. The Balaban J connectivity index is 0.000000722. The predicted molar refractivity (Wildman–Crippen MR) is 75.1 cm³/mol. The minimum atomic E-state index is 0. The number of rotatable bonds is 2. The molecule has 3 rings (SSSR count). The number of hydrogen-bond acceptors (Lipinski definition) is 2. The number of nitrogens with zero attached hydrogens (tertiary/aromatic N) is 2. The van der Waals surface area contributed by atoms with Gasteiger partial charge in [-0.25, -0.2) is 4.98 Å². The standard InChI is InChI=1S/C12H15N3.2ClH/c1-15-7-14-11-5-4-9(8-2-3-8)10(6-13)12(11)15;;/h4-5,7-8H,2-3,6,13H2,1H3;2*1H. The van der Waals surface area contributed by atoms with Crippen molar-refractivity contribution in [2.75, 3.05) is 0 Å². The maximum Gasteiger partial charge on any atom is 0.0955 e. The minimum Gasteiger partial charge on any atom is -0.333 e. The van der Waals surface area contributed by atoms with Crippen LogP contribution in [0.3, 0.4) is 0 Å². The Morgan fingerprint density at radius 3 is 2.65 bits per heavy atom. The molecule has 1 fully saturated rings. The number of halogens is 2. The molecule has 1 aromatic heterocycles. The highest BCUT2D eigenvalue weighted by Crippen LogP contribution is 2.42. The molecule has 2 aromatic rings. The molecule has 1 aliphatic rings. The van der Waals surface area contributed by atoms with E-state index in [9.17, 15) is 0 Å². The molecule has 1 aromatic carbocycles. The van der Waals surface area contributed by atoms with Crippen molar-refractivity contribution >= 4 is 35.8 Å². The van der Waals surface area contributed by atoms with E-state index in [0.717, 1.165) is 11.4 Å². The van der Waals surface area contributed by atoms with Gasteiger partial charge >= 0.3 is 0 Å². The van der Waals surface area contributed by atoms with Gasteiger partial charge in [-0.05, 0) is 36.0 Å². The highest BCUT2D eigenvalue weighted by molar-refractivity contribution is 5.85. The van der Waals surface area contributed by atoms with Crippen LogP contribution in [0.4, 0.5) is 0 Å². The zero-order chi connectivity index (χ0) is 10.4. The van der Waals surface area contributed by atoms with Crippen LogP contribution in [0.5, 0.6) is 0 Å². The summed E-state index contributed by atoms with van der Waals surface area (Å²) in [7, 11) is 2.03. The minimum absolute atomic E-state index is 0. The Morgan fingerprint density at radius 1 is 1.35 bits per heavy atom. The van der Waals surface area contributed by atoms with E-state index in [1.807, 2.05) is 13.4 Å². The van der Waals surface area contributed by atoms with Crippen LogP contribution in [0.2, 0.25) is 0 Å². The summed E-state index contributed by atoms with van der Waals surface area (Å²) < 4.78 is 2.07. The van der Waals surface area contributed by atoms with Gasteiger partial charge in [-0.1, -0.05) is 6.07 Å². The summed E-state index contributed by atoms with van der Waals surface area (Å²) in [6, 6.07) is 4.32. The second-order valence-electron chi connectivity index (χ2n) is 4.33. The number of fused-ring (bicyclic) bond motifs is 1. The number of aromatic nitrogens is 2. The van der Waals surface area contributed by atoms with Gasteiger partial charge in [-0.3, -0.25) is 0 Å². The molecule has 0 saturated heterocycles. The number of aryl methyl sites for hydroxylation is 1. The van der Waals surface area contributed by atoms with Gasteiger partial charge < -0.3 is 10.3 Å². The Hall–Kier alpha value is -0.770. The third kappa shape index (κ3) is 2.28. The van der Waals surface area contributed by atoms with Crippen molar-refractivity contribution in [2.45, 2.75) is 25.3 Å². The van der Waals surface area contributed by atoms with Crippen LogP contribution >= 0.6 is 24.8 Å². The molecule has 1 heterocycles. The van der Waals surface area contributed by atoms with E-state index in [2.05, 4.69) is 21.7 Å². The first-order chi connectivity index (χ1) is 7.31. The third-order valence-electron chi connectivity index (χ3n) is 3.24. The van der Waals surface area contributed by atoms with E-state index in [4.69, 9.17) is 5.73 Å². The van der Waals surface area contributed by atoms with Crippen LogP contribution < -0.4 is 5.73 Å². The van der Waals surface area contributed by atoms with Crippen molar-refractivity contribution < 1.29 is 0 Å². The fourth-order valence-corrected chi connectivity index (χ4v) is 2.34. The lowest BCUT2D eigenvalue weighted by atomic mass is 10.0. The van der Waals surface area contributed by atoms with Gasteiger partial charge in [0.15, 0.2) is 0 Å². The average molecular weight is 274 g/mol. The van der Waals surface area contributed by atoms with Gasteiger partial charge in [-0.2, -0.15) is 0 Å². The van der Waals surface area contributed by atoms with Crippen LogP contribution in [0, 0.1) is 0 Å². The number of hydrogen-bond donors (Lipinski definition) is 1. The van der Waals surface area contributed by atoms with Crippen molar-refractivity contribution in [2.24, 2.45) is 12.8 Å². The molecule has 0 unspecified atom stereocenters. The molecule has 0 amide bonds. The summed E-state index contributed by atoms with van der Waals surface area (Å²) in [6.07, 6.45) is 4.49. The van der Waals surface area contributed by atoms with Crippen LogP contribution in [0.1, 0.15) is 29.9 Å². The normalized spacial score (nSPS) is 14.2. The molecule has 0 bridgehead atoms. The lowest BCUT2D eigenvalue weighted by Crippen LogP contribution is -2.04. The smallest absolute Gasteiger partial charge is 0.0955 e. The summed E-state index contributed by atoms with van der Waals surface area (Å²) in [5.41, 5.74) is 10.9. The molecule has 3 nitrogen and oxygen atoms in total. The molecule has 1 aliphatic carbocycles. The van der Waals surface area contributed by atoms with Gasteiger partial charge in [0.1, 0.15) is 0 Å². The van der Waals surface area contributed by atoms with Crippen molar-refractivity contribution in [3.63, 3.8) is 0 Å². The molecule has 5 heteroatoms. The summed E-state index contributed by atoms with van der Waals surface area (Å²) in [6.45, 7) is 0.614. The Morgan fingerprint density at radius 2 is 2.06 bits per heavy atom. The molecular weight excluding hydrogens is 257 g/mol. The van der Waals surface area contributed by atoms with E-state index in [1.165, 1.54) is 29.5 Å². The molecule has 2 N–H and O–H groups in total. The number of benzene rings is 1. The summed E-state index contributed by atoms with van der Waals surface area (Å²) >= 11 is 0. The van der Waals surface area contributed by atoms with E-state index in [1.54, 1.807) is 0 Å². The maximum atomic E-state index is 5.87. The fraction of sp³-hybridized carbons (Fsp3) is 0.417. The van der Waals surface area contributed by atoms with Crippen LogP contribution in [0.15, 0.2) is 18.5 Å². The van der Waals surface area contributed by atoms with Crippen LogP contribution in [0.25, 0.3) is 11.0 Å². The van der Waals surface area contributed by atoms with Crippen molar-refractivity contribution in [1.82, 2.24) is 9.55 Å². The van der Waals surface area contributed by atoms with Gasteiger partial charge in [0.05, 0.1) is 17.4 Å². The SMILES string of the molecule is Cl.Cl.Cn1cnc2ccc(C3CC3)c(CN)c21. The van der Waals surface area contributed by atoms with Gasteiger partial charge in [-0.15, -0.1) is 24.8 Å². The van der Waals surface area contributed by atoms with Gasteiger partial charge in [0.25, 0.3) is 0 Å². The molecule has 17 heavy (non-hydrogen) atoms. The Kier molecular flexibility index (Phi) is 4.42. The van der Waals surface area contributed by atoms with Gasteiger partial charge in [0, 0.05) is 13.6 Å². The first-order valence-electron chi connectivity index (χ1n) is 5.44. The fourth-order valence-electron chi connectivity index (χ4n) is 2.34. The third-order valence-corrected chi connectivity index (χ3v) is 3.24. The zero-order valence-electron chi connectivity index (χ0n) is 9.72. The Labute approximate surface area is 113 Å². The molecule has 0 aliphatic heterocycles. The first-order valence-corrected chi connectivity index (χ1v) is 5.44. The summed E-state index contributed by atoms with van der Waals surface area (Å²) in [4.78, 5) is 4.36. The Bertz CT molecular complexity index is 518. The highest BCUT2D eigenvalue weighted by Gasteiger charge is 2.26. The lowest BCUT2D eigenvalue weighted by molar-refractivity contribution is 0.922. The first kappa shape index (κ1) is 14.3. The summed E-state index contributed by atoms with van der Waals surface area (Å²) in [5.74, 6) is 0.753. The summed E-state index contributed by atoms with van der Waals surface area (Å²) in [5, 5.41) is 0. The average Bonchev–Trinajstić information content (AvgIpc) is 3.03. The predicted octanol–water partition coefficient (Wildman–Crippen LogP) is 2.75. The van der Waals surface area contributed by atoms with Crippen molar-refractivity contribution in [3.8, 4) is 0 Å². The van der Waals surface area contributed by atoms with E-state index in [-0.39, 0.29) is 24.8 Å². The molecule has 0 radical (unpaired) electrons. The quantitative estimate of drug-likeness (QED) is 0.915. The molecule has 0 spiro atoms. The second-order valence-corrected chi connectivity index (χ2v) is 4.33. The van der Waals surface area contributed by atoms with Crippen molar-refractivity contribution in [1.29, 1.82) is 0 Å². The second kappa shape index (κ2) is 5.25. The van der Waals surface area contributed by atoms with Crippen LogP contribution in [-0.4, -0.2) is 9.55 Å². The van der Waals surface area contributed by atoms with E-state index in [0.29, 0.717) is 6.54 Å². The zero-order valence-corrected chi connectivity index (χ0v) is 11.4. The molecule has 1 saturated carbocycles. The monoisotopic (exact) mass is 273 g/mol. The largest absolute Gasteiger partial charge is 0.333 e. The van der Waals surface area contributed by atoms with E-state index < -0.39 is 0 Å².